The number of aliphatic hydroxyl groups is 1. The standard InChI is InChI=1S/C14H24O/c1-6-10(2)9-13(15)12-8-7-11(3)14(12,4)5/h7,9,12-13,15H,6,8H2,1-5H3. The van der Waals surface area contributed by atoms with Crippen molar-refractivity contribution in [3.8, 4) is 0 Å². The van der Waals surface area contributed by atoms with Crippen LogP contribution in [0.5, 0.6) is 0 Å². The van der Waals surface area contributed by atoms with Crippen LogP contribution in [0.1, 0.15) is 47.5 Å². The van der Waals surface area contributed by atoms with Gasteiger partial charge in [-0.25, -0.2) is 0 Å². The normalized spacial score (nSPS) is 27.7. The molecule has 1 aliphatic carbocycles. The molecule has 2 atom stereocenters. The first-order valence-corrected chi connectivity index (χ1v) is 5.92. The van der Waals surface area contributed by atoms with Crippen LogP contribution in [0.2, 0.25) is 0 Å². The predicted molar refractivity (Wildman–Crippen MR) is 65.7 cm³/mol. The Bertz CT molecular complexity index is 284. The third-order valence-corrected chi connectivity index (χ3v) is 4.05. The van der Waals surface area contributed by atoms with E-state index in [1.807, 2.05) is 6.08 Å². The molecule has 0 aliphatic heterocycles. The summed E-state index contributed by atoms with van der Waals surface area (Å²) in [6.07, 6.45) is 6.03. The molecule has 0 aromatic rings. The third kappa shape index (κ3) is 2.52. The molecule has 15 heavy (non-hydrogen) atoms. The van der Waals surface area contributed by atoms with E-state index in [2.05, 4.69) is 40.7 Å². The van der Waals surface area contributed by atoms with Crippen molar-refractivity contribution in [1.82, 2.24) is 0 Å². The molecule has 2 unspecified atom stereocenters. The summed E-state index contributed by atoms with van der Waals surface area (Å²) in [5.41, 5.74) is 2.83. The Balaban J connectivity index is 2.76. The van der Waals surface area contributed by atoms with Crippen molar-refractivity contribution in [3.63, 3.8) is 0 Å². The maximum atomic E-state index is 10.2. The molecule has 0 saturated heterocycles. The van der Waals surface area contributed by atoms with Crippen LogP contribution in [0.15, 0.2) is 23.3 Å². The fourth-order valence-corrected chi connectivity index (χ4v) is 2.25. The molecule has 0 fully saturated rings. The second-order valence-electron chi connectivity index (χ2n) is 5.31. The van der Waals surface area contributed by atoms with Gasteiger partial charge in [0.05, 0.1) is 6.10 Å². The second kappa shape index (κ2) is 4.52. The lowest BCUT2D eigenvalue weighted by atomic mass is 9.74. The molecule has 1 heteroatoms. The van der Waals surface area contributed by atoms with E-state index in [0.717, 1.165) is 12.8 Å². The van der Waals surface area contributed by atoms with Gasteiger partial charge in [0.2, 0.25) is 0 Å². The van der Waals surface area contributed by atoms with Crippen LogP contribution in [0.3, 0.4) is 0 Å². The number of rotatable bonds is 3. The zero-order valence-corrected chi connectivity index (χ0v) is 10.7. The Kier molecular flexibility index (Phi) is 3.77. The first kappa shape index (κ1) is 12.5. The van der Waals surface area contributed by atoms with Gasteiger partial charge in [0.1, 0.15) is 0 Å². The van der Waals surface area contributed by atoms with Crippen LogP contribution < -0.4 is 0 Å². The van der Waals surface area contributed by atoms with E-state index < -0.39 is 0 Å². The van der Waals surface area contributed by atoms with Gasteiger partial charge in [0.15, 0.2) is 0 Å². The molecule has 1 N–H and O–H groups in total. The van der Waals surface area contributed by atoms with Crippen LogP contribution in [0.4, 0.5) is 0 Å². The quantitative estimate of drug-likeness (QED) is 0.701. The minimum atomic E-state index is -0.298. The van der Waals surface area contributed by atoms with Crippen molar-refractivity contribution in [2.45, 2.75) is 53.6 Å². The van der Waals surface area contributed by atoms with E-state index in [4.69, 9.17) is 0 Å². The van der Waals surface area contributed by atoms with Gasteiger partial charge in [-0.1, -0.05) is 44.1 Å². The number of hydrogen-bond donors (Lipinski definition) is 1. The highest BCUT2D eigenvalue weighted by Gasteiger charge is 2.38. The molecule has 1 aliphatic rings. The van der Waals surface area contributed by atoms with Gasteiger partial charge in [0, 0.05) is 5.92 Å². The van der Waals surface area contributed by atoms with E-state index in [1.54, 1.807) is 0 Å². The van der Waals surface area contributed by atoms with Gasteiger partial charge in [-0.15, -0.1) is 0 Å². The maximum Gasteiger partial charge on any atom is 0.0762 e. The first-order valence-electron chi connectivity index (χ1n) is 5.92. The highest BCUT2D eigenvalue weighted by molar-refractivity contribution is 5.21. The highest BCUT2D eigenvalue weighted by Crippen LogP contribution is 2.45. The zero-order chi connectivity index (χ0) is 11.6. The van der Waals surface area contributed by atoms with Gasteiger partial charge in [-0.05, 0) is 32.1 Å². The number of aliphatic hydroxyl groups excluding tert-OH is 1. The molecule has 1 rings (SSSR count). The van der Waals surface area contributed by atoms with Crippen molar-refractivity contribution < 1.29 is 5.11 Å². The van der Waals surface area contributed by atoms with Crippen LogP contribution in [0, 0.1) is 11.3 Å². The lowest BCUT2D eigenvalue weighted by molar-refractivity contribution is 0.0972. The lowest BCUT2D eigenvalue weighted by Gasteiger charge is -2.32. The second-order valence-corrected chi connectivity index (χ2v) is 5.31. The Morgan fingerprint density at radius 3 is 2.67 bits per heavy atom. The van der Waals surface area contributed by atoms with Crippen molar-refractivity contribution >= 4 is 0 Å². The van der Waals surface area contributed by atoms with Crippen molar-refractivity contribution in [2.75, 3.05) is 0 Å². The smallest absolute Gasteiger partial charge is 0.0762 e. The average molecular weight is 208 g/mol. The van der Waals surface area contributed by atoms with E-state index in [-0.39, 0.29) is 11.5 Å². The SMILES string of the molecule is CCC(C)=CC(O)C1CC=C(C)C1(C)C. The highest BCUT2D eigenvalue weighted by atomic mass is 16.3. The number of allylic oxidation sites excluding steroid dienone is 3. The summed E-state index contributed by atoms with van der Waals surface area (Å²) in [6, 6.07) is 0. The fourth-order valence-electron chi connectivity index (χ4n) is 2.25. The molecule has 0 radical (unpaired) electrons. The van der Waals surface area contributed by atoms with Crippen LogP contribution in [-0.4, -0.2) is 11.2 Å². The van der Waals surface area contributed by atoms with Crippen molar-refractivity contribution in [2.24, 2.45) is 11.3 Å². The Labute approximate surface area is 93.9 Å². The summed E-state index contributed by atoms with van der Waals surface area (Å²) in [6.45, 7) is 10.8. The zero-order valence-electron chi connectivity index (χ0n) is 10.7. The molecule has 86 valence electrons. The first-order chi connectivity index (χ1) is 6.89. The van der Waals surface area contributed by atoms with Gasteiger partial charge < -0.3 is 5.11 Å². The van der Waals surface area contributed by atoms with Crippen LogP contribution >= 0.6 is 0 Å². The molecular weight excluding hydrogens is 184 g/mol. The Morgan fingerprint density at radius 1 is 1.67 bits per heavy atom. The summed E-state index contributed by atoms with van der Waals surface area (Å²) >= 11 is 0. The summed E-state index contributed by atoms with van der Waals surface area (Å²) in [7, 11) is 0. The monoisotopic (exact) mass is 208 g/mol. The summed E-state index contributed by atoms with van der Waals surface area (Å²) < 4.78 is 0. The average Bonchev–Trinajstić information content (AvgIpc) is 2.41. The van der Waals surface area contributed by atoms with Gasteiger partial charge >= 0.3 is 0 Å². The van der Waals surface area contributed by atoms with E-state index >= 15 is 0 Å². The van der Waals surface area contributed by atoms with Crippen molar-refractivity contribution in [1.29, 1.82) is 0 Å². The molecule has 1 nitrogen and oxygen atoms in total. The van der Waals surface area contributed by atoms with Gasteiger partial charge in [0.25, 0.3) is 0 Å². The number of hydrogen-bond acceptors (Lipinski definition) is 1. The van der Waals surface area contributed by atoms with Crippen LogP contribution in [0.25, 0.3) is 0 Å². The van der Waals surface area contributed by atoms with Gasteiger partial charge in [-0.3, -0.25) is 0 Å². The minimum Gasteiger partial charge on any atom is -0.389 e. The van der Waals surface area contributed by atoms with Crippen molar-refractivity contribution in [3.05, 3.63) is 23.3 Å². The van der Waals surface area contributed by atoms with Gasteiger partial charge in [-0.2, -0.15) is 0 Å². The molecule has 0 amide bonds. The molecule has 0 aromatic carbocycles. The Morgan fingerprint density at radius 2 is 2.27 bits per heavy atom. The summed E-state index contributed by atoms with van der Waals surface area (Å²) in [4.78, 5) is 0. The molecule has 0 heterocycles. The largest absolute Gasteiger partial charge is 0.389 e. The minimum absolute atomic E-state index is 0.143. The third-order valence-electron chi connectivity index (χ3n) is 4.05. The lowest BCUT2D eigenvalue weighted by Crippen LogP contribution is -2.30. The van der Waals surface area contributed by atoms with E-state index in [1.165, 1.54) is 11.1 Å². The molecule has 0 bridgehead atoms. The summed E-state index contributed by atoms with van der Waals surface area (Å²) in [5.74, 6) is 0.346. The van der Waals surface area contributed by atoms with E-state index in [9.17, 15) is 5.11 Å². The predicted octanol–water partition coefficient (Wildman–Crippen LogP) is 3.70. The van der Waals surface area contributed by atoms with Crippen LogP contribution in [-0.2, 0) is 0 Å². The summed E-state index contributed by atoms with van der Waals surface area (Å²) in [5, 5.41) is 10.2. The Hall–Kier alpha value is -0.560. The fraction of sp³-hybridized carbons (Fsp3) is 0.714. The molecule has 0 spiro atoms. The maximum absolute atomic E-state index is 10.2. The van der Waals surface area contributed by atoms with E-state index in [0.29, 0.717) is 5.92 Å². The molecular formula is C14H24O. The topological polar surface area (TPSA) is 20.2 Å². The molecule has 0 aromatic heterocycles. The molecule has 0 saturated carbocycles.